The normalized spacial score (nSPS) is 17.5. The van der Waals surface area contributed by atoms with Gasteiger partial charge in [-0.2, -0.15) is 5.10 Å². The Morgan fingerprint density at radius 1 is 1.25 bits per heavy atom. The van der Waals surface area contributed by atoms with Crippen LogP contribution in [-0.4, -0.2) is 39.7 Å². The molecule has 1 unspecified atom stereocenters. The summed E-state index contributed by atoms with van der Waals surface area (Å²) in [5, 5.41) is 7.46. The molecule has 1 amide bonds. The van der Waals surface area contributed by atoms with E-state index in [9.17, 15) is 9.18 Å². The third-order valence-electron chi connectivity index (χ3n) is 5.53. The molecule has 2 heterocycles. The zero-order valence-electron chi connectivity index (χ0n) is 17.3. The lowest BCUT2D eigenvalue weighted by molar-refractivity contribution is -0.123. The van der Waals surface area contributed by atoms with Gasteiger partial charge in [0, 0.05) is 30.6 Å². The number of benzene rings is 1. The van der Waals surface area contributed by atoms with Gasteiger partial charge < -0.3 is 10.2 Å². The van der Waals surface area contributed by atoms with Crippen molar-refractivity contribution in [2.75, 3.05) is 18.4 Å². The average Bonchev–Trinajstić information content (AvgIpc) is 3.11. The van der Waals surface area contributed by atoms with Crippen molar-refractivity contribution in [1.29, 1.82) is 0 Å². The molecule has 1 aliphatic rings. The van der Waals surface area contributed by atoms with E-state index in [1.54, 1.807) is 12.3 Å². The Labute approximate surface area is 166 Å². The molecule has 0 spiro atoms. The second-order valence-corrected chi connectivity index (χ2v) is 8.78. The summed E-state index contributed by atoms with van der Waals surface area (Å²) >= 11 is 0. The first kappa shape index (κ1) is 20.5. The van der Waals surface area contributed by atoms with Gasteiger partial charge in [0.05, 0.1) is 12.2 Å². The third-order valence-corrected chi connectivity index (χ3v) is 5.53. The van der Waals surface area contributed by atoms with E-state index >= 15 is 0 Å². The molecule has 0 radical (unpaired) electrons. The average molecular weight is 387 g/mol. The minimum Gasteiger partial charge on any atom is -0.310 e. The number of nitrogens with one attached hydrogen (secondary N) is 1. The van der Waals surface area contributed by atoms with E-state index in [0.717, 1.165) is 37.3 Å². The van der Waals surface area contributed by atoms with Crippen molar-refractivity contribution in [3.05, 3.63) is 47.9 Å². The van der Waals surface area contributed by atoms with E-state index < -0.39 is 5.41 Å². The fraction of sp³-hybridized carbons (Fsp3) is 0.545. The van der Waals surface area contributed by atoms with Crippen LogP contribution in [0.15, 0.2) is 36.5 Å². The number of carbonyl (C=O) groups is 1. The number of aromatic nitrogens is 2. The Kier molecular flexibility index (Phi) is 6.18. The first-order chi connectivity index (χ1) is 13.3. The smallest absolute Gasteiger partial charge is 0.230 e. The maximum Gasteiger partial charge on any atom is 0.230 e. The molecule has 1 aromatic carbocycles. The van der Waals surface area contributed by atoms with Gasteiger partial charge in [0.15, 0.2) is 0 Å². The number of amides is 1. The fourth-order valence-corrected chi connectivity index (χ4v) is 3.69. The summed E-state index contributed by atoms with van der Waals surface area (Å²) in [7, 11) is 0. The minimum absolute atomic E-state index is 0.00908. The van der Waals surface area contributed by atoms with Crippen molar-refractivity contribution in [1.82, 2.24) is 14.7 Å². The maximum atomic E-state index is 13.9. The Morgan fingerprint density at radius 3 is 2.57 bits per heavy atom. The van der Waals surface area contributed by atoms with Crippen molar-refractivity contribution >= 4 is 11.7 Å². The predicted octanol–water partition coefficient (Wildman–Crippen LogP) is 4.27. The molecule has 2 aromatic rings. The number of rotatable bonds is 5. The highest BCUT2D eigenvalue weighted by Gasteiger charge is 2.27. The molecule has 28 heavy (non-hydrogen) atoms. The summed E-state index contributed by atoms with van der Waals surface area (Å²) in [5.41, 5.74) is 0.331. The number of hydrogen-bond acceptors (Lipinski definition) is 3. The highest BCUT2D eigenvalue weighted by atomic mass is 19.1. The highest BCUT2D eigenvalue weighted by molar-refractivity contribution is 5.93. The lowest BCUT2D eigenvalue weighted by atomic mass is 9.96. The molecule has 0 aliphatic carbocycles. The molecule has 0 saturated carbocycles. The largest absolute Gasteiger partial charge is 0.310 e. The number of carbonyl (C=O) groups excluding carboxylic acids is 1. The van der Waals surface area contributed by atoms with Gasteiger partial charge in [0.2, 0.25) is 5.91 Å². The highest BCUT2D eigenvalue weighted by Crippen LogP contribution is 2.28. The lowest BCUT2D eigenvalue weighted by Gasteiger charge is -2.36. The van der Waals surface area contributed by atoms with Crippen molar-refractivity contribution in [2.45, 2.75) is 59.0 Å². The zero-order chi connectivity index (χ0) is 20.3. The molecule has 5 nitrogen and oxygen atoms in total. The molecule has 1 fully saturated rings. The van der Waals surface area contributed by atoms with Gasteiger partial charge in [-0.1, -0.05) is 39.0 Å². The van der Waals surface area contributed by atoms with Crippen LogP contribution in [0.25, 0.3) is 0 Å². The summed E-state index contributed by atoms with van der Waals surface area (Å²) in [5.74, 6) is 0.628. The Balaban J connectivity index is 1.58. The van der Waals surface area contributed by atoms with Crippen LogP contribution in [0.3, 0.4) is 0 Å². The van der Waals surface area contributed by atoms with Gasteiger partial charge in [-0.3, -0.25) is 4.79 Å². The second-order valence-electron chi connectivity index (χ2n) is 8.78. The van der Waals surface area contributed by atoms with Gasteiger partial charge in [-0.15, -0.1) is 0 Å². The van der Waals surface area contributed by atoms with Crippen molar-refractivity contribution in [3.8, 4) is 0 Å². The van der Waals surface area contributed by atoms with E-state index in [1.165, 1.54) is 6.07 Å². The van der Waals surface area contributed by atoms with E-state index in [0.29, 0.717) is 6.42 Å². The van der Waals surface area contributed by atoms with E-state index in [-0.39, 0.29) is 23.8 Å². The summed E-state index contributed by atoms with van der Waals surface area (Å²) in [6, 6.07) is 9.43. The number of piperidine rings is 1. The van der Waals surface area contributed by atoms with Crippen LogP contribution in [0, 0.1) is 11.2 Å². The molecule has 152 valence electrons. The van der Waals surface area contributed by atoms with Crippen LogP contribution >= 0.6 is 0 Å². The monoisotopic (exact) mass is 386 g/mol. The molecule has 1 saturated heterocycles. The topological polar surface area (TPSA) is 50.2 Å². The number of hydrogen-bond donors (Lipinski definition) is 1. The maximum absolute atomic E-state index is 13.9. The zero-order valence-corrected chi connectivity index (χ0v) is 17.3. The minimum atomic E-state index is -0.444. The van der Waals surface area contributed by atoms with E-state index in [4.69, 9.17) is 0 Å². The standard InChI is InChI=1S/C22H31FN4O/c1-16(15-17-7-5-6-8-19(17)23)26-13-10-18(11-14-26)27-20(9-12-24-27)25-21(28)22(2,3)4/h5-9,12,16,18H,10-11,13-15H2,1-4H3,(H,25,28). The van der Waals surface area contributed by atoms with Crippen molar-refractivity contribution < 1.29 is 9.18 Å². The number of anilines is 1. The molecular formula is C22H31FN4O. The first-order valence-electron chi connectivity index (χ1n) is 10.1. The second kappa shape index (κ2) is 8.43. The molecular weight excluding hydrogens is 355 g/mol. The third kappa shape index (κ3) is 4.79. The summed E-state index contributed by atoms with van der Waals surface area (Å²) < 4.78 is 15.9. The number of nitrogens with zero attached hydrogens (tertiary/aromatic N) is 3. The molecule has 1 atom stereocenters. The quantitative estimate of drug-likeness (QED) is 0.835. The summed E-state index contributed by atoms with van der Waals surface area (Å²) in [6.07, 6.45) is 4.38. The Morgan fingerprint density at radius 2 is 1.93 bits per heavy atom. The van der Waals surface area contributed by atoms with Gasteiger partial charge in [-0.25, -0.2) is 9.07 Å². The van der Waals surface area contributed by atoms with Crippen molar-refractivity contribution in [2.24, 2.45) is 5.41 Å². The van der Waals surface area contributed by atoms with Crippen LogP contribution in [-0.2, 0) is 11.2 Å². The van der Waals surface area contributed by atoms with Gasteiger partial charge in [-0.05, 0) is 37.8 Å². The van der Waals surface area contributed by atoms with E-state index in [1.807, 2.05) is 43.7 Å². The Hall–Kier alpha value is -2.21. The SMILES string of the molecule is CC(Cc1ccccc1F)N1CCC(n2nccc2NC(=O)C(C)(C)C)CC1. The van der Waals surface area contributed by atoms with Crippen LogP contribution in [0.1, 0.15) is 52.1 Å². The molecule has 6 heteroatoms. The molecule has 1 aliphatic heterocycles. The van der Waals surface area contributed by atoms with Crippen LogP contribution in [0.5, 0.6) is 0 Å². The molecule has 0 bridgehead atoms. The van der Waals surface area contributed by atoms with Gasteiger partial charge in [0.25, 0.3) is 0 Å². The summed E-state index contributed by atoms with van der Waals surface area (Å²) in [6.45, 7) is 9.74. The molecule has 3 rings (SSSR count). The molecule has 1 N–H and O–H groups in total. The lowest BCUT2D eigenvalue weighted by Crippen LogP contribution is -2.42. The number of halogens is 1. The Bertz CT molecular complexity index is 803. The van der Waals surface area contributed by atoms with Gasteiger partial charge >= 0.3 is 0 Å². The van der Waals surface area contributed by atoms with E-state index in [2.05, 4.69) is 22.2 Å². The fourth-order valence-electron chi connectivity index (χ4n) is 3.69. The van der Waals surface area contributed by atoms with Crippen LogP contribution in [0.4, 0.5) is 10.2 Å². The van der Waals surface area contributed by atoms with Crippen LogP contribution < -0.4 is 5.32 Å². The number of likely N-dealkylation sites (tertiary alicyclic amines) is 1. The predicted molar refractivity (Wildman–Crippen MR) is 110 cm³/mol. The van der Waals surface area contributed by atoms with Crippen molar-refractivity contribution in [3.63, 3.8) is 0 Å². The first-order valence-corrected chi connectivity index (χ1v) is 10.1. The summed E-state index contributed by atoms with van der Waals surface area (Å²) in [4.78, 5) is 14.7. The molecule has 1 aromatic heterocycles. The van der Waals surface area contributed by atoms with Gasteiger partial charge in [0.1, 0.15) is 11.6 Å². The van der Waals surface area contributed by atoms with Crippen LogP contribution in [0.2, 0.25) is 0 Å².